The first-order chi connectivity index (χ1) is 9.42. The fourth-order valence-corrected chi connectivity index (χ4v) is 2.88. The summed E-state index contributed by atoms with van der Waals surface area (Å²) in [4.78, 5) is 36.0. The second kappa shape index (κ2) is 5.78. The molecule has 0 aromatic heterocycles. The molecule has 2 fully saturated rings. The highest BCUT2D eigenvalue weighted by Crippen LogP contribution is 2.31. The highest BCUT2D eigenvalue weighted by atomic mass is 16.2. The van der Waals surface area contributed by atoms with Crippen molar-refractivity contribution in [2.45, 2.75) is 38.1 Å². The number of hydrogen-bond acceptors (Lipinski definition) is 4. The third-order valence-electron chi connectivity index (χ3n) is 4.14. The molecule has 0 radical (unpaired) electrons. The lowest BCUT2D eigenvalue weighted by Crippen LogP contribution is -2.53. The summed E-state index contributed by atoms with van der Waals surface area (Å²) in [7, 11) is 0. The average molecular weight is 282 g/mol. The van der Waals surface area contributed by atoms with Crippen LogP contribution in [0, 0.1) is 5.92 Å². The molecule has 2 unspecified atom stereocenters. The number of carbonyl (C=O) groups excluding carboxylic acids is 3. The first kappa shape index (κ1) is 14.8. The number of nitrogens with one attached hydrogen (secondary N) is 2. The summed E-state index contributed by atoms with van der Waals surface area (Å²) in [5.74, 6) is -0.535. The standard InChI is InChI=1S/C13H22N4O3/c1-13(14)5-3-2-4-9(13)11(19)15-6-7-17-10(18)8-16-12(17)20/h9H,2-8,14H2,1H3,(H,15,19)(H,16,20). The lowest BCUT2D eigenvalue weighted by Gasteiger charge is -2.37. The van der Waals surface area contributed by atoms with E-state index in [1.54, 1.807) is 0 Å². The van der Waals surface area contributed by atoms with Crippen molar-refractivity contribution >= 4 is 17.8 Å². The van der Waals surface area contributed by atoms with Gasteiger partial charge in [0.1, 0.15) is 0 Å². The number of hydrogen-bond donors (Lipinski definition) is 3. The van der Waals surface area contributed by atoms with Crippen LogP contribution in [-0.2, 0) is 9.59 Å². The number of imide groups is 1. The van der Waals surface area contributed by atoms with Crippen LogP contribution in [0.5, 0.6) is 0 Å². The molecule has 0 bridgehead atoms. The monoisotopic (exact) mass is 282 g/mol. The van der Waals surface area contributed by atoms with E-state index in [0.717, 1.165) is 30.6 Å². The van der Waals surface area contributed by atoms with Gasteiger partial charge in [-0.3, -0.25) is 14.5 Å². The Hall–Kier alpha value is -1.63. The van der Waals surface area contributed by atoms with E-state index in [1.165, 1.54) is 0 Å². The van der Waals surface area contributed by atoms with Crippen molar-refractivity contribution in [3.63, 3.8) is 0 Å². The van der Waals surface area contributed by atoms with Crippen LogP contribution in [0.15, 0.2) is 0 Å². The molecule has 1 aliphatic heterocycles. The third kappa shape index (κ3) is 3.09. The van der Waals surface area contributed by atoms with Gasteiger partial charge in [-0.05, 0) is 19.8 Å². The van der Waals surface area contributed by atoms with Crippen molar-refractivity contribution in [3.05, 3.63) is 0 Å². The minimum Gasteiger partial charge on any atom is -0.354 e. The molecule has 0 aromatic rings. The smallest absolute Gasteiger partial charge is 0.324 e. The molecule has 2 rings (SSSR count). The van der Waals surface area contributed by atoms with E-state index in [0.29, 0.717) is 0 Å². The summed E-state index contributed by atoms with van der Waals surface area (Å²) in [6.45, 7) is 2.42. The summed E-state index contributed by atoms with van der Waals surface area (Å²) >= 11 is 0. The second-order valence-corrected chi connectivity index (χ2v) is 5.80. The van der Waals surface area contributed by atoms with Gasteiger partial charge in [-0.2, -0.15) is 0 Å². The molecule has 2 atom stereocenters. The second-order valence-electron chi connectivity index (χ2n) is 5.80. The van der Waals surface area contributed by atoms with Gasteiger partial charge in [0.2, 0.25) is 11.8 Å². The maximum Gasteiger partial charge on any atom is 0.324 e. The molecule has 0 spiro atoms. The van der Waals surface area contributed by atoms with Crippen LogP contribution in [0.4, 0.5) is 4.79 Å². The SMILES string of the molecule is CC1(N)CCCCC1C(=O)NCCN1C(=O)CNC1=O. The maximum atomic E-state index is 12.2. The Labute approximate surface area is 118 Å². The Morgan fingerprint density at radius 3 is 2.85 bits per heavy atom. The van der Waals surface area contributed by atoms with Crippen LogP contribution >= 0.6 is 0 Å². The quantitative estimate of drug-likeness (QED) is 0.608. The normalized spacial score (nSPS) is 30.3. The number of nitrogens with zero attached hydrogens (tertiary/aromatic N) is 1. The van der Waals surface area contributed by atoms with Gasteiger partial charge in [0.05, 0.1) is 12.5 Å². The number of carbonyl (C=O) groups is 3. The first-order valence-corrected chi connectivity index (χ1v) is 7.06. The highest BCUT2D eigenvalue weighted by molar-refractivity contribution is 6.01. The molecule has 4 N–H and O–H groups in total. The molecular weight excluding hydrogens is 260 g/mol. The van der Waals surface area contributed by atoms with Gasteiger partial charge in [0.15, 0.2) is 0 Å². The number of amides is 4. The summed E-state index contributed by atoms with van der Waals surface area (Å²) in [6, 6.07) is -0.398. The Kier molecular flexibility index (Phi) is 4.27. The largest absolute Gasteiger partial charge is 0.354 e. The number of nitrogens with two attached hydrogens (primary N) is 1. The Bertz CT molecular complexity index is 406. The van der Waals surface area contributed by atoms with Crippen molar-refractivity contribution in [2.24, 2.45) is 11.7 Å². The molecule has 2 aliphatic rings. The van der Waals surface area contributed by atoms with Crippen molar-refractivity contribution in [1.82, 2.24) is 15.5 Å². The number of urea groups is 1. The van der Waals surface area contributed by atoms with Crippen LogP contribution in [-0.4, -0.2) is 47.9 Å². The van der Waals surface area contributed by atoms with E-state index < -0.39 is 11.6 Å². The van der Waals surface area contributed by atoms with Crippen LogP contribution in [0.25, 0.3) is 0 Å². The summed E-state index contributed by atoms with van der Waals surface area (Å²) in [6.07, 6.45) is 3.71. The molecule has 1 heterocycles. The molecule has 112 valence electrons. The molecule has 0 aromatic carbocycles. The summed E-state index contributed by atoms with van der Waals surface area (Å²) in [5.41, 5.74) is 5.70. The predicted octanol–water partition coefficient (Wildman–Crippen LogP) is -0.438. The van der Waals surface area contributed by atoms with Gasteiger partial charge in [0.25, 0.3) is 0 Å². The van der Waals surface area contributed by atoms with Crippen LogP contribution < -0.4 is 16.4 Å². The molecule has 4 amide bonds. The van der Waals surface area contributed by atoms with Crippen molar-refractivity contribution < 1.29 is 14.4 Å². The minimum atomic E-state index is -0.469. The van der Waals surface area contributed by atoms with E-state index in [2.05, 4.69) is 10.6 Å². The van der Waals surface area contributed by atoms with Crippen molar-refractivity contribution in [1.29, 1.82) is 0 Å². The Balaban J connectivity index is 1.80. The van der Waals surface area contributed by atoms with Crippen LogP contribution in [0.1, 0.15) is 32.6 Å². The summed E-state index contributed by atoms with van der Waals surface area (Å²) < 4.78 is 0. The highest BCUT2D eigenvalue weighted by Gasteiger charge is 2.37. The minimum absolute atomic E-state index is 0.0380. The van der Waals surface area contributed by atoms with Crippen LogP contribution in [0.3, 0.4) is 0 Å². The molecule has 20 heavy (non-hydrogen) atoms. The molecule has 7 nitrogen and oxygen atoms in total. The third-order valence-corrected chi connectivity index (χ3v) is 4.14. The van der Waals surface area contributed by atoms with Crippen molar-refractivity contribution in [3.8, 4) is 0 Å². The fourth-order valence-electron chi connectivity index (χ4n) is 2.88. The van der Waals surface area contributed by atoms with E-state index in [9.17, 15) is 14.4 Å². The van der Waals surface area contributed by atoms with Crippen molar-refractivity contribution in [2.75, 3.05) is 19.6 Å². The number of rotatable bonds is 4. The lowest BCUT2D eigenvalue weighted by molar-refractivity contribution is -0.129. The van der Waals surface area contributed by atoms with E-state index in [4.69, 9.17) is 5.73 Å². The maximum absolute atomic E-state index is 12.2. The fraction of sp³-hybridized carbons (Fsp3) is 0.769. The zero-order chi connectivity index (χ0) is 14.8. The zero-order valence-electron chi connectivity index (χ0n) is 11.8. The van der Waals surface area contributed by atoms with Crippen LogP contribution in [0.2, 0.25) is 0 Å². The first-order valence-electron chi connectivity index (χ1n) is 7.06. The summed E-state index contributed by atoms with van der Waals surface area (Å²) in [5, 5.41) is 5.22. The van der Waals surface area contributed by atoms with E-state index in [1.807, 2.05) is 6.92 Å². The van der Waals surface area contributed by atoms with Gasteiger partial charge in [-0.15, -0.1) is 0 Å². The molecule has 1 saturated heterocycles. The lowest BCUT2D eigenvalue weighted by atomic mass is 9.74. The van der Waals surface area contributed by atoms with Gasteiger partial charge < -0.3 is 16.4 Å². The molecule has 1 aliphatic carbocycles. The Morgan fingerprint density at radius 1 is 1.50 bits per heavy atom. The topological polar surface area (TPSA) is 105 Å². The molecule has 1 saturated carbocycles. The zero-order valence-corrected chi connectivity index (χ0v) is 11.8. The molecular formula is C13H22N4O3. The van der Waals surface area contributed by atoms with Gasteiger partial charge in [0, 0.05) is 18.6 Å². The average Bonchev–Trinajstić information content (AvgIpc) is 2.69. The van der Waals surface area contributed by atoms with E-state index in [-0.39, 0.29) is 37.4 Å². The van der Waals surface area contributed by atoms with Gasteiger partial charge in [-0.1, -0.05) is 12.8 Å². The van der Waals surface area contributed by atoms with Gasteiger partial charge >= 0.3 is 6.03 Å². The predicted molar refractivity (Wildman–Crippen MR) is 72.7 cm³/mol. The molecule has 7 heteroatoms. The van der Waals surface area contributed by atoms with E-state index >= 15 is 0 Å². The Morgan fingerprint density at radius 2 is 2.25 bits per heavy atom. The van der Waals surface area contributed by atoms with Gasteiger partial charge in [-0.25, -0.2) is 4.79 Å².